The molecular weight excluding hydrogens is 378 g/mol. The zero-order valence-electron chi connectivity index (χ0n) is 15.3. The summed E-state index contributed by atoms with van der Waals surface area (Å²) in [6.45, 7) is 3.50. The van der Waals surface area contributed by atoms with Gasteiger partial charge in [-0.3, -0.25) is 14.7 Å². The Morgan fingerprint density at radius 2 is 2.18 bits per heavy atom. The molecule has 2 aromatic heterocycles. The first-order valence-electron chi connectivity index (χ1n) is 8.95. The number of hydrogen-bond donors (Lipinski definition) is 0. The van der Waals surface area contributed by atoms with Crippen molar-refractivity contribution in [2.24, 2.45) is 0 Å². The topological polar surface area (TPSA) is 73.8 Å². The van der Waals surface area contributed by atoms with E-state index in [2.05, 4.69) is 4.98 Å². The standard InChI is InChI=1S/C20H19N3O4S/c1-2-26-15-7-5-8-17-18(15)22-20(28-17)23(12-14-6-3-4-9-21-14)19(24)16-13-25-10-11-27-16/h3-9,13H,2,10-12H2,1H3. The van der Waals surface area contributed by atoms with Gasteiger partial charge in [0.1, 0.15) is 30.7 Å². The molecule has 0 N–H and O–H groups in total. The number of aromatic nitrogens is 2. The molecule has 4 rings (SSSR count). The van der Waals surface area contributed by atoms with Gasteiger partial charge in [-0.2, -0.15) is 0 Å². The molecule has 0 unspecified atom stereocenters. The molecule has 1 aromatic carbocycles. The van der Waals surface area contributed by atoms with Gasteiger partial charge >= 0.3 is 0 Å². The zero-order chi connectivity index (χ0) is 19.3. The van der Waals surface area contributed by atoms with Crippen molar-refractivity contribution >= 4 is 32.6 Å². The lowest BCUT2D eigenvalue weighted by Gasteiger charge is -2.22. The van der Waals surface area contributed by atoms with Crippen LogP contribution in [0.5, 0.6) is 5.75 Å². The van der Waals surface area contributed by atoms with Gasteiger partial charge in [0.25, 0.3) is 5.91 Å². The Morgan fingerprint density at radius 1 is 1.25 bits per heavy atom. The van der Waals surface area contributed by atoms with Crippen LogP contribution in [0.25, 0.3) is 10.2 Å². The quantitative estimate of drug-likeness (QED) is 0.634. The van der Waals surface area contributed by atoms with E-state index >= 15 is 0 Å². The van der Waals surface area contributed by atoms with Gasteiger partial charge < -0.3 is 14.2 Å². The van der Waals surface area contributed by atoms with Crippen LogP contribution >= 0.6 is 11.3 Å². The molecule has 0 atom stereocenters. The molecule has 1 aliphatic heterocycles. The van der Waals surface area contributed by atoms with E-state index in [1.54, 1.807) is 11.1 Å². The van der Waals surface area contributed by atoms with E-state index in [1.165, 1.54) is 17.6 Å². The average molecular weight is 397 g/mol. The number of benzene rings is 1. The minimum absolute atomic E-state index is 0.159. The molecule has 1 aliphatic rings. The smallest absolute Gasteiger partial charge is 0.298 e. The predicted molar refractivity (Wildman–Crippen MR) is 106 cm³/mol. The van der Waals surface area contributed by atoms with Crippen molar-refractivity contribution in [2.45, 2.75) is 13.5 Å². The Bertz CT molecular complexity index is 1000. The van der Waals surface area contributed by atoms with Gasteiger partial charge in [-0.15, -0.1) is 0 Å². The number of anilines is 1. The van der Waals surface area contributed by atoms with E-state index in [9.17, 15) is 4.79 Å². The van der Waals surface area contributed by atoms with Crippen molar-refractivity contribution < 1.29 is 19.0 Å². The Labute approximate surface area is 166 Å². The molecule has 0 saturated carbocycles. The molecule has 0 aliphatic carbocycles. The number of fused-ring (bicyclic) bond motifs is 1. The fraction of sp³-hybridized carbons (Fsp3) is 0.250. The number of thiazole rings is 1. The molecule has 3 heterocycles. The number of nitrogens with zero attached hydrogens (tertiary/aromatic N) is 3. The summed E-state index contributed by atoms with van der Waals surface area (Å²) in [7, 11) is 0. The maximum Gasteiger partial charge on any atom is 0.298 e. The normalized spacial score (nSPS) is 13.4. The number of para-hydroxylation sites is 1. The molecule has 0 spiro atoms. The van der Waals surface area contributed by atoms with Gasteiger partial charge in [0.05, 0.1) is 23.5 Å². The molecule has 8 heteroatoms. The van der Waals surface area contributed by atoms with Gasteiger partial charge in [0.2, 0.25) is 5.76 Å². The van der Waals surface area contributed by atoms with Crippen molar-refractivity contribution in [2.75, 3.05) is 24.7 Å². The SMILES string of the molecule is CCOc1cccc2sc(N(Cc3ccccn3)C(=O)C3=COCCO3)nc12. The number of carbonyl (C=O) groups is 1. The second-order valence-electron chi connectivity index (χ2n) is 5.95. The first-order chi connectivity index (χ1) is 13.8. The van der Waals surface area contributed by atoms with Crippen LogP contribution in [0.1, 0.15) is 12.6 Å². The number of hydrogen-bond acceptors (Lipinski definition) is 7. The monoisotopic (exact) mass is 397 g/mol. The Hall–Kier alpha value is -3.13. The van der Waals surface area contributed by atoms with Crippen LogP contribution in [-0.4, -0.2) is 35.7 Å². The van der Waals surface area contributed by atoms with Gasteiger partial charge in [-0.05, 0) is 31.2 Å². The molecule has 7 nitrogen and oxygen atoms in total. The highest BCUT2D eigenvalue weighted by Crippen LogP contribution is 2.35. The first kappa shape index (κ1) is 18.2. The second-order valence-corrected chi connectivity index (χ2v) is 6.96. The molecule has 1 amide bonds. The molecule has 0 fully saturated rings. The van der Waals surface area contributed by atoms with Crippen LogP contribution in [0.4, 0.5) is 5.13 Å². The number of carbonyl (C=O) groups excluding carboxylic acids is 1. The Balaban J connectivity index is 1.74. The third-order valence-electron chi connectivity index (χ3n) is 4.05. The molecule has 144 valence electrons. The van der Waals surface area contributed by atoms with Crippen LogP contribution in [0.3, 0.4) is 0 Å². The van der Waals surface area contributed by atoms with E-state index < -0.39 is 0 Å². The Morgan fingerprint density at radius 3 is 2.93 bits per heavy atom. The van der Waals surface area contributed by atoms with E-state index in [0.717, 1.165) is 15.9 Å². The zero-order valence-corrected chi connectivity index (χ0v) is 16.1. The summed E-state index contributed by atoms with van der Waals surface area (Å²) >= 11 is 1.42. The van der Waals surface area contributed by atoms with Gasteiger partial charge in [0.15, 0.2) is 5.13 Å². The number of pyridine rings is 1. The van der Waals surface area contributed by atoms with Crippen LogP contribution < -0.4 is 9.64 Å². The molecule has 0 radical (unpaired) electrons. The lowest BCUT2D eigenvalue weighted by molar-refractivity contribution is -0.120. The summed E-state index contributed by atoms with van der Waals surface area (Å²) in [5.74, 6) is 0.540. The third-order valence-corrected chi connectivity index (χ3v) is 5.10. The highest BCUT2D eigenvalue weighted by atomic mass is 32.1. The van der Waals surface area contributed by atoms with Crippen molar-refractivity contribution in [3.8, 4) is 5.75 Å². The second kappa shape index (κ2) is 8.26. The molecule has 0 saturated heterocycles. The van der Waals surface area contributed by atoms with E-state index in [4.69, 9.17) is 19.2 Å². The summed E-state index contributed by atoms with van der Waals surface area (Å²) in [6.07, 6.45) is 3.05. The van der Waals surface area contributed by atoms with Gasteiger partial charge in [0, 0.05) is 6.20 Å². The first-order valence-corrected chi connectivity index (χ1v) is 9.76. The minimum atomic E-state index is -0.317. The van der Waals surface area contributed by atoms with Crippen molar-refractivity contribution in [3.63, 3.8) is 0 Å². The number of rotatable bonds is 6. The van der Waals surface area contributed by atoms with E-state index in [-0.39, 0.29) is 18.2 Å². The molecular formula is C20H19N3O4S. The molecule has 0 bridgehead atoms. The molecule has 28 heavy (non-hydrogen) atoms. The summed E-state index contributed by atoms with van der Waals surface area (Å²) in [5.41, 5.74) is 1.48. The number of amides is 1. The molecule has 3 aromatic rings. The van der Waals surface area contributed by atoms with Crippen molar-refractivity contribution in [1.29, 1.82) is 0 Å². The predicted octanol–water partition coefficient (Wildman–Crippen LogP) is 3.51. The lowest BCUT2D eigenvalue weighted by Crippen LogP contribution is -2.34. The third kappa shape index (κ3) is 3.77. The van der Waals surface area contributed by atoms with E-state index in [0.29, 0.717) is 30.7 Å². The van der Waals surface area contributed by atoms with Gasteiger partial charge in [-0.25, -0.2) is 4.98 Å². The van der Waals surface area contributed by atoms with E-state index in [1.807, 2.05) is 43.3 Å². The maximum atomic E-state index is 13.2. The van der Waals surface area contributed by atoms with Crippen molar-refractivity contribution in [1.82, 2.24) is 9.97 Å². The summed E-state index contributed by atoms with van der Waals surface area (Å²) in [4.78, 5) is 23.7. The summed E-state index contributed by atoms with van der Waals surface area (Å²) in [5, 5.41) is 0.549. The van der Waals surface area contributed by atoms with Crippen LogP contribution in [0.15, 0.2) is 54.6 Å². The Kier molecular flexibility index (Phi) is 5.38. The lowest BCUT2D eigenvalue weighted by atomic mass is 10.3. The van der Waals surface area contributed by atoms with Crippen LogP contribution in [0, 0.1) is 0 Å². The minimum Gasteiger partial charge on any atom is -0.494 e. The fourth-order valence-corrected chi connectivity index (χ4v) is 3.77. The highest BCUT2D eigenvalue weighted by molar-refractivity contribution is 7.22. The van der Waals surface area contributed by atoms with Crippen molar-refractivity contribution in [3.05, 3.63) is 60.3 Å². The average Bonchev–Trinajstić information content (AvgIpc) is 3.18. The number of ether oxygens (including phenoxy) is 3. The van der Waals surface area contributed by atoms with Gasteiger partial charge in [-0.1, -0.05) is 23.5 Å². The van der Waals surface area contributed by atoms with Crippen LogP contribution in [0.2, 0.25) is 0 Å². The summed E-state index contributed by atoms with van der Waals surface area (Å²) < 4.78 is 17.4. The largest absolute Gasteiger partial charge is 0.494 e. The highest BCUT2D eigenvalue weighted by Gasteiger charge is 2.27. The fourth-order valence-electron chi connectivity index (χ4n) is 2.79. The maximum absolute atomic E-state index is 13.2. The summed E-state index contributed by atoms with van der Waals surface area (Å²) in [6, 6.07) is 11.3. The van der Waals surface area contributed by atoms with Crippen LogP contribution in [-0.2, 0) is 20.8 Å².